The number of carboxylic acid groups (broad SMARTS) is 1. The van der Waals surface area contributed by atoms with Gasteiger partial charge < -0.3 is 25.2 Å². The number of phosphoric ester groups is 1. The molecule has 1 amide bonds. The maximum Gasteiger partial charge on any atom is 0.472 e. The molecule has 0 bridgehead atoms. The quantitative estimate of drug-likeness (QED) is 0.0199. The van der Waals surface area contributed by atoms with E-state index in [4.69, 9.17) is 13.8 Å². The number of hydrogen-bond acceptors (Lipinski definition) is 8. The van der Waals surface area contributed by atoms with E-state index in [9.17, 15) is 34.1 Å². The van der Waals surface area contributed by atoms with Crippen LogP contribution in [0.2, 0.25) is 0 Å². The Kier molecular flexibility index (Phi) is 48.7. The van der Waals surface area contributed by atoms with Crippen molar-refractivity contribution in [1.29, 1.82) is 0 Å². The lowest BCUT2D eigenvalue weighted by Gasteiger charge is -2.18. The number of aliphatic hydroxyl groups excluding tert-OH is 1. The number of allylic oxidation sites excluding steroid dienone is 18. The number of aliphatic hydroxyl groups is 1. The average Bonchev–Trinajstić information content (AvgIpc) is 3.34. The number of hydrogen-bond donors (Lipinski definition) is 4. The van der Waals surface area contributed by atoms with Gasteiger partial charge in [-0.25, -0.2) is 9.36 Å². The molecule has 70 heavy (non-hydrogen) atoms. The second-order valence-corrected chi connectivity index (χ2v) is 19.1. The van der Waals surface area contributed by atoms with Gasteiger partial charge in [-0.1, -0.05) is 200 Å². The van der Waals surface area contributed by atoms with Gasteiger partial charge in [0.25, 0.3) is 0 Å². The summed E-state index contributed by atoms with van der Waals surface area (Å²) in [6, 6.07) is -1.56. The van der Waals surface area contributed by atoms with Gasteiger partial charge in [-0.05, 0) is 103 Å². The Morgan fingerprint density at radius 3 is 1.24 bits per heavy atom. The standard InChI is InChI=1S/C58H96NO10P/c1-3-5-7-9-11-13-15-17-19-21-23-25-27-29-31-33-35-37-39-41-43-45-47-49-56(61)59-55(58(63)64)53-69-70(65,66)68-52-54(60)51-67-57(62)50-48-46-44-42-40-38-36-34-32-30-28-26-24-22-20-18-16-14-12-10-8-6-4-2/h5,7,11-14,17-20,23-26,29-32,54-55,60H,3-4,6,8-10,15-16,21-22,27-28,33-53H2,1-2H3,(H,59,61)(H,63,64)(H,65,66)/b7-5-,13-11-,14-12-,19-17-,20-18-,25-23-,26-24-,31-29-,32-30-. The zero-order valence-corrected chi connectivity index (χ0v) is 44.4. The summed E-state index contributed by atoms with van der Waals surface area (Å²) in [4.78, 5) is 46.2. The maximum absolute atomic E-state index is 12.4. The number of nitrogens with one attached hydrogen (secondary N) is 1. The summed E-state index contributed by atoms with van der Waals surface area (Å²) in [6.45, 7) is 2.44. The van der Waals surface area contributed by atoms with Crippen LogP contribution >= 0.6 is 7.82 Å². The van der Waals surface area contributed by atoms with E-state index in [1.54, 1.807) is 0 Å². The highest BCUT2D eigenvalue weighted by Crippen LogP contribution is 2.43. The van der Waals surface area contributed by atoms with Crippen molar-refractivity contribution in [3.63, 3.8) is 0 Å². The number of carbonyl (C=O) groups is 3. The van der Waals surface area contributed by atoms with Crippen LogP contribution in [0.5, 0.6) is 0 Å². The lowest BCUT2D eigenvalue weighted by molar-refractivity contribution is -0.147. The molecule has 0 aromatic carbocycles. The minimum atomic E-state index is -4.78. The molecule has 0 heterocycles. The molecule has 0 rings (SSSR count). The van der Waals surface area contributed by atoms with E-state index < -0.39 is 57.6 Å². The van der Waals surface area contributed by atoms with Crippen LogP contribution in [-0.2, 0) is 32.7 Å². The molecule has 0 saturated heterocycles. The molecule has 0 aliphatic carbocycles. The van der Waals surface area contributed by atoms with Crippen LogP contribution in [0.4, 0.5) is 0 Å². The number of phosphoric acid groups is 1. The molecule has 3 atom stereocenters. The van der Waals surface area contributed by atoms with E-state index in [2.05, 4.69) is 129 Å². The molecular formula is C58H96NO10P. The number of amides is 1. The van der Waals surface area contributed by atoms with Gasteiger partial charge in [0.1, 0.15) is 12.7 Å². The first kappa shape index (κ1) is 66.1. The molecular weight excluding hydrogens is 902 g/mol. The first-order valence-corrected chi connectivity index (χ1v) is 28.4. The number of rotatable bonds is 49. The summed E-state index contributed by atoms with van der Waals surface area (Å²) in [5, 5.41) is 22.0. The Morgan fingerprint density at radius 2 is 0.829 bits per heavy atom. The van der Waals surface area contributed by atoms with Crippen molar-refractivity contribution >= 4 is 25.7 Å². The van der Waals surface area contributed by atoms with Crippen LogP contribution in [0.1, 0.15) is 206 Å². The van der Waals surface area contributed by atoms with Gasteiger partial charge in [0, 0.05) is 12.8 Å². The molecule has 12 heteroatoms. The topological polar surface area (TPSA) is 169 Å². The number of unbranched alkanes of at least 4 members (excludes halogenated alkanes) is 17. The lowest BCUT2D eigenvalue weighted by Crippen LogP contribution is -2.43. The predicted octanol–water partition coefficient (Wildman–Crippen LogP) is 15.3. The fourth-order valence-corrected chi connectivity index (χ4v) is 7.69. The summed E-state index contributed by atoms with van der Waals surface area (Å²) in [5.74, 6) is -2.41. The molecule has 0 aliphatic heterocycles. The summed E-state index contributed by atoms with van der Waals surface area (Å²) < 4.78 is 27.0. The number of esters is 1. The second kappa shape index (κ2) is 51.5. The van der Waals surface area contributed by atoms with E-state index in [1.807, 2.05) is 0 Å². The SMILES string of the molecule is CC/C=C\C/C=C\C/C=C\C/C=C\C/C=C\CCCCCCCCCC(=O)NC(COP(=O)(O)OCC(O)COC(=O)CCCCCCCCC/C=C\C/C=C\C/C=C\C/C=C\CCCCC)C(=O)O. The highest BCUT2D eigenvalue weighted by atomic mass is 31.2. The van der Waals surface area contributed by atoms with Crippen LogP contribution in [0.3, 0.4) is 0 Å². The maximum atomic E-state index is 12.4. The Labute approximate surface area is 425 Å². The zero-order valence-electron chi connectivity index (χ0n) is 43.5. The third kappa shape index (κ3) is 50.5. The third-order valence-corrected chi connectivity index (χ3v) is 12.0. The van der Waals surface area contributed by atoms with Crippen LogP contribution in [0.15, 0.2) is 109 Å². The van der Waals surface area contributed by atoms with E-state index in [1.165, 1.54) is 38.5 Å². The van der Waals surface area contributed by atoms with Gasteiger partial charge in [0.2, 0.25) is 5.91 Å². The number of ether oxygens (including phenoxy) is 1. The van der Waals surface area contributed by atoms with Gasteiger partial charge in [-0.2, -0.15) is 0 Å². The van der Waals surface area contributed by atoms with E-state index in [0.29, 0.717) is 12.8 Å². The van der Waals surface area contributed by atoms with E-state index in [-0.39, 0.29) is 12.8 Å². The largest absolute Gasteiger partial charge is 0.480 e. The summed E-state index contributed by atoms with van der Waals surface area (Å²) >= 11 is 0. The highest BCUT2D eigenvalue weighted by molar-refractivity contribution is 7.47. The van der Waals surface area contributed by atoms with Gasteiger partial charge in [-0.3, -0.25) is 18.6 Å². The van der Waals surface area contributed by atoms with Gasteiger partial charge in [-0.15, -0.1) is 0 Å². The molecule has 0 radical (unpaired) electrons. The molecule has 4 N–H and O–H groups in total. The van der Waals surface area contributed by atoms with E-state index in [0.717, 1.165) is 128 Å². The average molecular weight is 998 g/mol. The fraction of sp³-hybridized carbons (Fsp3) is 0.638. The Morgan fingerprint density at radius 1 is 0.471 bits per heavy atom. The first-order valence-electron chi connectivity index (χ1n) is 26.9. The number of aliphatic carboxylic acids is 1. The molecule has 0 saturated carbocycles. The highest BCUT2D eigenvalue weighted by Gasteiger charge is 2.28. The normalized spacial score (nSPS) is 14.3. The molecule has 0 aliphatic rings. The molecule has 0 aromatic heterocycles. The Hall–Kier alpha value is -3.86. The first-order chi connectivity index (χ1) is 34.1. The predicted molar refractivity (Wildman–Crippen MR) is 290 cm³/mol. The molecule has 3 unspecified atom stereocenters. The summed E-state index contributed by atoms with van der Waals surface area (Å²) in [5.41, 5.74) is 0. The van der Waals surface area contributed by atoms with Crippen molar-refractivity contribution in [3.05, 3.63) is 109 Å². The van der Waals surface area contributed by atoms with Gasteiger partial charge >= 0.3 is 19.8 Å². The molecule has 0 fully saturated rings. The minimum absolute atomic E-state index is 0.125. The van der Waals surface area contributed by atoms with Crippen LogP contribution < -0.4 is 5.32 Å². The van der Waals surface area contributed by atoms with E-state index >= 15 is 0 Å². The van der Waals surface area contributed by atoms with Crippen LogP contribution in [0, 0.1) is 0 Å². The minimum Gasteiger partial charge on any atom is -0.480 e. The Bertz CT molecular complexity index is 1590. The summed E-state index contributed by atoms with van der Waals surface area (Å²) in [6.07, 6.45) is 68.1. The van der Waals surface area contributed by atoms with Crippen molar-refractivity contribution < 1.29 is 47.8 Å². The third-order valence-electron chi connectivity index (χ3n) is 11.0. The lowest BCUT2D eigenvalue weighted by atomic mass is 10.1. The van der Waals surface area contributed by atoms with Gasteiger partial charge in [0.15, 0.2) is 6.04 Å². The van der Waals surface area contributed by atoms with Crippen molar-refractivity contribution in [3.8, 4) is 0 Å². The molecule has 398 valence electrons. The van der Waals surface area contributed by atoms with Crippen LogP contribution in [0.25, 0.3) is 0 Å². The monoisotopic (exact) mass is 998 g/mol. The van der Waals surface area contributed by atoms with Crippen molar-refractivity contribution in [2.45, 2.75) is 219 Å². The van der Waals surface area contributed by atoms with Gasteiger partial charge in [0.05, 0.1) is 13.2 Å². The van der Waals surface area contributed by atoms with Crippen molar-refractivity contribution in [1.82, 2.24) is 5.32 Å². The Balaban J connectivity index is 3.88. The zero-order chi connectivity index (χ0) is 51.3. The fourth-order valence-electron chi connectivity index (χ4n) is 6.91. The molecule has 11 nitrogen and oxygen atoms in total. The number of carbonyl (C=O) groups excluding carboxylic acids is 2. The second-order valence-electron chi connectivity index (χ2n) is 17.7. The van der Waals surface area contributed by atoms with Crippen LogP contribution in [-0.4, -0.2) is 64.9 Å². The van der Waals surface area contributed by atoms with Crippen molar-refractivity contribution in [2.24, 2.45) is 0 Å². The smallest absolute Gasteiger partial charge is 0.472 e. The number of carboxylic acids is 1. The van der Waals surface area contributed by atoms with Crippen molar-refractivity contribution in [2.75, 3.05) is 19.8 Å². The summed E-state index contributed by atoms with van der Waals surface area (Å²) in [7, 11) is -4.78. The molecule has 0 spiro atoms. The molecule has 0 aromatic rings.